The number of rotatable bonds is 30. The van der Waals surface area contributed by atoms with Crippen molar-refractivity contribution in [1.82, 2.24) is 10.6 Å². The Morgan fingerprint density at radius 3 is 1.90 bits per heavy atom. The summed E-state index contributed by atoms with van der Waals surface area (Å²) >= 11 is 0.915. The van der Waals surface area contributed by atoms with Crippen molar-refractivity contribution in [3.63, 3.8) is 0 Å². The van der Waals surface area contributed by atoms with Gasteiger partial charge < -0.3 is 77.0 Å². The molecule has 13 N–H and O–H groups in total. The molecular formula is C59H78N4O17S. The molecule has 2 aliphatic heterocycles. The monoisotopic (exact) mass is 1150 g/mol. The maximum absolute atomic E-state index is 13.6. The number of nitrogens with zero attached hydrogens (tertiary/aromatic N) is 2. The number of carbonyl (C=O) groups is 3. The number of amides is 2. The molecule has 3 aromatic carbocycles. The van der Waals surface area contributed by atoms with E-state index >= 15 is 0 Å². The van der Waals surface area contributed by atoms with Crippen molar-refractivity contribution >= 4 is 52.5 Å². The van der Waals surface area contributed by atoms with Crippen molar-refractivity contribution in [2.75, 3.05) is 50.0 Å². The van der Waals surface area contributed by atoms with E-state index in [2.05, 4.69) is 93.6 Å². The average Bonchev–Trinajstić information content (AvgIpc) is 3.91. The molecule has 1 aliphatic carbocycles. The van der Waals surface area contributed by atoms with E-state index in [1.165, 1.54) is 0 Å². The summed E-state index contributed by atoms with van der Waals surface area (Å²) in [7, 11) is 0. The van der Waals surface area contributed by atoms with Gasteiger partial charge in [0, 0.05) is 95.9 Å². The molecule has 2 amide bonds. The second-order valence-corrected chi connectivity index (χ2v) is 22.4. The highest BCUT2D eigenvalue weighted by Crippen LogP contribution is 2.49. The Balaban J connectivity index is 1.35. The van der Waals surface area contributed by atoms with Gasteiger partial charge in [-0.3, -0.25) is 19.4 Å². The fraction of sp³-hybridized carbons (Fsp3) is 0.492. The molecule has 21 nitrogen and oxygen atoms in total. The molecule has 0 saturated carbocycles. The number of anilines is 1. The number of hydrogen-bond acceptors (Lipinski definition) is 18. The Hall–Kier alpha value is -5.67. The first-order valence-corrected chi connectivity index (χ1v) is 28.1. The molecule has 0 aromatic heterocycles. The average molecular weight is 1150 g/mol. The van der Waals surface area contributed by atoms with Crippen molar-refractivity contribution in [2.45, 2.75) is 139 Å². The fourth-order valence-corrected chi connectivity index (χ4v) is 11.1. The van der Waals surface area contributed by atoms with Gasteiger partial charge in [0.15, 0.2) is 5.71 Å². The molecule has 3 aliphatic rings. The molecule has 0 bridgehead atoms. The minimum atomic E-state index is -1.85. The molecule has 6 rings (SSSR count). The van der Waals surface area contributed by atoms with Crippen molar-refractivity contribution < 1.29 is 89.8 Å². The molecule has 8 atom stereocenters. The number of nitrogens with one attached hydrogen (secondary N) is 2. The maximum Gasteiger partial charge on any atom is 0.303 e. The summed E-state index contributed by atoms with van der Waals surface area (Å²) in [6.07, 6.45) is -0.838. The lowest BCUT2D eigenvalue weighted by molar-refractivity contribution is -0.777. The van der Waals surface area contributed by atoms with Crippen molar-refractivity contribution in [3.8, 4) is 0 Å². The number of aliphatic hydroxyl groups excluding tert-OH is 10. The number of carboxylic acid groups (broad SMARTS) is 1. The molecular weight excluding hydrogens is 1070 g/mol. The Morgan fingerprint density at radius 2 is 1.31 bits per heavy atom. The van der Waals surface area contributed by atoms with Crippen LogP contribution in [0.3, 0.4) is 0 Å². The first-order valence-electron chi connectivity index (χ1n) is 27.2. The summed E-state index contributed by atoms with van der Waals surface area (Å²) in [6.45, 7) is 6.71. The van der Waals surface area contributed by atoms with Gasteiger partial charge in [-0.05, 0) is 117 Å². The zero-order chi connectivity index (χ0) is 59.2. The maximum atomic E-state index is 13.6. The van der Waals surface area contributed by atoms with Crippen molar-refractivity contribution in [3.05, 3.63) is 136 Å². The molecule has 0 radical (unpaired) electrons. The van der Waals surface area contributed by atoms with Gasteiger partial charge in [0.25, 0.3) is 11.8 Å². The van der Waals surface area contributed by atoms with Crippen LogP contribution in [0.2, 0.25) is 0 Å². The van der Waals surface area contributed by atoms with Crippen molar-refractivity contribution in [1.29, 1.82) is 0 Å². The number of aliphatic hydroxyl groups is 10. The van der Waals surface area contributed by atoms with E-state index in [1.54, 1.807) is 24.3 Å². The number of fused-ring (bicyclic) bond motifs is 2. The summed E-state index contributed by atoms with van der Waals surface area (Å²) in [5.41, 5.74) is 8.73. The zero-order valence-corrected chi connectivity index (χ0v) is 46.9. The largest absolute Gasteiger partial charge is 0.691 e. The molecule has 0 spiro atoms. The Morgan fingerprint density at radius 1 is 0.716 bits per heavy atom. The number of benzene rings is 3. The van der Waals surface area contributed by atoms with Crippen molar-refractivity contribution in [2.24, 2.45) is 0 Å². The van der Waals surface area contributed by atoms with Crippen LogP contribution in [0.1, 0.15) is 116 Å². The van der Waals surface area contributed by atoms with Gasteiger partial charge in [0.2, 0.25) is 5.69 Å². The normalized spacial score (nSPS) is 19.8. The number of aliphatic carboxylic acids is 1. The summed E-state index contributed by atoms with van der Waals surface area (Å²) in [5.74, 6) is -1.50. The molecule has 22 heteroatoms. The Bertz CT molecular complexity index is 2820. The van der Waals surface area contributed by atoms with Gasteiger partial charge >= 0.3 is 5.97 Å². The van der Waals surface area contributed by atoms with Crippen LogP contribution in [-0.4, -0.2) is 178 Å². The summed E-state index contributed by atoms with van der Waals surface area (Å²) in [4.78, 5) is 40.9. The van der Waals surface area contributed by atoms with E-state index in [-0.39, 0.29) is 17.5 Å². The minimum Gasteiger partial charge on any atom is -0.691 e. The highest BCUT2D eigenvalue weighted by molar-refractivity contribution is 7.94. The number of allylic oxidation sites excluding steroid dienone is 8. The highest BCUT2D eigenvalue weighted by atomic mass is 32.2. The Kier molecular flexibility index (Phi) is 23.5. The van der Waals surface area contributed by atoms with Gasteiger partial charge in [-0.15, -0.1) is 0 Å². The van der Waals surface area contributed by atoms with E-state index in [0.29, 0.717) is 44.5 Å². The molecule has 442 valence electrons. The minimum absolute atomic E-state index is 0.00323. The Labute approximate surface area is 475 Å². The van der Waals surface area contributed by atoms with E-state index in [0.717, 1.165) is 87.5 Å². The first kappa shape index (κ1) is 64.5. The van der Waals surface area contributed by atoms with Gasteiger partial charge in [0.1, 0.15) is 43.2 Å². The molecule has 2 heterocycles. The lowest BCUT2D eigenvalue weighted by Crippen LogP contribution is -2.49. The van der Waals surface area contributed by atoms with Crippen LogP contribution in [0.15, 0.2) is 108 Å². The number of carboxylic acids is 1. The fourth-order valence-electron chi connectivity index (χ4n) is 10.7. The van der Waals surface area contributed by atoms with Gasteiger partial charge in [0.05, 0.1) is 30.8 Å². The first-order chi connectivity index (χ1) is 38.6. The lowest BCUT2D eigenvalue weighted by atomic mass is 9.79. The second kappa shape index (κ2) is 29.5. The predicted molar refractivity (Wildman–Crippen MR) is 301 cm³/mol. The van der Waals surface area contributed by atoms with E-state index in [4.69, 9.17) is 5.11 Å². The third-order valence-corrected chi connectivity index (χ3v) is 15.9. The SMILES string of the molecule is CC1(C)C(/C=C/C2=C(c3ccccc3)C(=C/C=C3/N(CCCCSOO[O-])c4ccc(C(=O)NCC(O)C(O)C(O)C(O)CO)cc4C3(C)C)/CCC2)=[N+](CCCCC(=O)O)c2ccc(C(=O)NCC(O)C(O)C(O)C(O)CO)cc21. The van der Waals surface area contributed by atoms with Crippen LogP contribution < -0.4 is 20.8 Å². The molecule has 3 aromatic rings. The van der Waals surface area contributed by atoms with Gasteiger partial charge in [-0.1, -0.05) is 56.3 Å². The van der Waals surface area contributed by atoms with Crippen LogP contribution in [0.5, 0.6) is 0 Å². The predicted octanol–water partition coefficient (Wildman–Crippen LogP) is 2.10. The summed E-state index contributed by atoms with van der Waals surface area (Å²) < 4.78 is 6.65. The third kappa shape index (κ3) is 15.7. The molecule has 81 heavy (non-hydrogen) atoms. The second-order valence-electron chi connectivity index (χ2n) is 21.6. The third-order valence-electron chi connectivity index (χ3n) is 15.3. The molecule has 8 unspecified atom stereocenters. The standard InChI is InChI=1S/C59H78N4O17S/c1-58(2)40-29-38(56(76)60-31-44(66)52(72)54(74)46(68)33-64)18-22-42(40)62(26-9-8-17-50(70)71)48(58)24-20-36-15-12-16-37(51(36)35-13-6-5-7-14-35)21-25-49-59(3,4)41-30-39(19-23-43(41)63(49)27-10-11-28-81-80-79-78)57(77)61-32-45(67)53(73)55(75)47(69)34-65/h5-7,13-14,18-25,29-30,44-47,52-55,64-69,72-75H,8-12,15-17,26-28,31-34H2,1-4H3,(H3-,60,61,70,71,76,77,78). The topological polar surface area (TPSA) is 346 Å². The van der Waals surface area contributed by atoms with Crippen LogP contribution in [0, 0.1) is 0 Å². The highest BCUT2D eigenvalue weighted by Gasteiger charge is 2.45. The smallest absolute Gasteiger partial charge is 0.303 e. The number of carbonyl (C=O) groups excluding carboxylic acids is 2. The number of unbranched alkanes of at least 4 members (excludes halogenated alkanes) is 2. The van der Waals surface area contributed by atoms with Crippen LogP contribution in [0.25, 0.3) is 5.57 Å². The lowest BCUT2D eigenvalue weighted by Gasteiger charge is -2.28. The van der Waals surface area contributed by atoms with E-state index < -0.39 is 104 Å². The van der Waals surface area contributed by atoms with Gasteiger partial charge in [-0.25, -0.2) is 0 Å². The summed E-state index contributed by atoms with van der Waals surface area (Å²) in [6, 6.07) is 20.7. The quantitative estimate of drug-likeness (QED) is 0.0149. The van der Waals surface area contributed by atoms with Crippen LogP contribution in [-0.2, 0) is 25.0 Å². The van der Waals surface area contributed by atoms with Gasteiger partial charge in [-0.2, -0.15) is 8.91 Å². The summed E-state index contributed by atoms with van der Waals surface area (Å²) in [5, 5.41) is 128. The van der Waals surface area contributed by atoms with Crippen LogP contribution in [0.4, 0.5) is 11.4 Å². The van der Waals surface area contributed by atoms with E-state index in [9.17, 15) is 70.7 Å². The molecule has 0 saturated heterocycles. The van der Waals surface area contributed by atoms with Crippen LogP contribution >= 0.6 is 12.0 Å². The molecule has 0 fully saturated rings. The number of hydrogen-bond donors (Lipinski definition) is 13. The zero-order valence-electron chi connectivity index (χ0n) is 46.1. The van der Waals surface area contributed by atoms with E-state index in [1.807, 2.05) is 30.3 Å².